The molecule has 13 heteroatoms. The van der Waals surface area contributed by atoms with Crippen molar-refractivity contribution < 1.29 is 18.7 Å². The Labute approximate surface area is 265 Å². The normalized spacial score (nSPS) is 20.8. The summed E-state index contributed by atoms with van der Waals surface area (Å²) in [5.41, 5.74) is -0.0594. The second kappa shape index (κ2) is 12.8. The van der Waals surface area contributed by atoms with Gasteiger partial charge in [-0.1, -0.05) is 97.4 Å². The Kier molecular flexibility index (Phi) is 9.21. The van der Waals surface area contributed by atoms with E-state index in [0.717, 1.165) is 10.4 Å². The Bertz CT molecular complexity index is 1650. The van der Waals surface area contributed by atoms with Crippen LogP contribution in [0.15, 0.2) is 76.8 Å². The van der Waals surface area contributed by atoms with Crippen LogP contribution < -0.4 is 15.9 Å². The summed E-state index contributed by atoms with van der Waals surface area (Å²) in [6.07, 6.45) is 0.898. The maximum Gasteiger partial charge on any atom is 0.303 e. The Morgan fingerprint density at radius 1 is 1.14 bits per heavy atom. The number of alkyl halides is 1. The van der Waals surface area contributed by atoms with E-state index in [1.807, 2.05) is 50.5 Å². The summed E-state index contributed by atoms with van der Waals surface area (Å²) in [5, 5.41) is 2.05. The first-order chi connectivity index (χ1) is 20.9. The molecule has 3 heterocycles. The predicted octanol–water partition coefficient (Wildman–Crippen LogP) is 3.51. The predicted molar refractivity (Wildman–Crippen MR) is 176 cm³/mol. The lowest BCUT2D eigenvalue weighted by Crippen LogP contribution is -2.67. The molecule has 232 valence electrons. The number of ether oxygens (including phenoxy) is 2. The van der Waals surface area contributed by atoms with E-state index < -0.39 is 43.1 Å². The summed E-state index contributed by atoms with van der Waals surface area (Å²) in [5.74, 6) is -0.352. The lowest BCUT2D eigenvalue weighted by Gasteiger charge is -2.43. The van der Waals surface area contributed by atoms with Gasteiger partial charge in [-0.2, -0.15) is 4.98 Å². The monoisotopic (exact) mass is 680 g/mol. The molecule has 0 aliphatic carbocycles. The van der Waals surface area contributed by atoms with Crippen molar-refractivity contribution in [1.82, 2.24) is 24.4 Å². The van der Waals surface area contributed by atoms with Crippen molar-refractivity contribution in [3.05, 3.63) is 77.3 Å². The van der Waals surface area contributed by atoms with E-state index in [4.69, 9.17) is 13.9 Å². The van der Waals surface area contributed by atoms with Crippen molar-refractivity contribution in [2.45, 2.75) is 56.0 Å². The molecule has 11 nitrogen and oxygen atoms in total. The third-order valence-corrected chi connectivity index (χ3v) is 13.7. The number of fused-ring (bicyclic) bond motifs is 1. The van der Waals surface area contributed by atoms with Gasteiger partial charge in [-0.3, -0.25) is 19.1 Å². The van der Waals surface area contributed by atoms with E-state index >= 15 is 0 Å². The molecule has 1 aliphatic rings. The van der Waals surface area contributed by atoms with Gasteiger partial charge in [0, 0.05) is 21.0 Å². The number of rotatable bonds is 9. The molecule has 44 heavy (non-hydrogen) atoms. The molecule has 4 aromatic rings. The molecule has 1 N–H and O–H groups in total. The molecular formula is C31H37BrN6O5Si. The second-order valence-corrected chi connectivity index (χ2v) is 17.3. The maximum atomic E-state index is 12.8. The molecule has 1 fully saturated rings. The van der Waals surface area contributed by atoms with Crippen LogP contribution in [0, 0.1) is 0 Å². The van der Waals surface area contributed by atoms with E-state index in [2.05, 4.69) is 80.9 Å². The van der Waals surface area contributed by atoms with Crippen LogP contribution in [0.5, 0.6) is 0 Å². The zero-order chi connectivity index (χ0) is 31.6. The van der Waals surface area contributed by atoms with Crippen molar-refractivity contribution in [3.8, 4) is 0 Å². The summed E-state index contributed by atoms with van der Waals surface area (Å²) in [4.78, 5) is 42.1. The Hall–Kier alpha value is -3.65. The average Bonchev–Trinajstić information content (AvgIpc) is 3.53. The van der Waals surface area contributed by atoms with Crippen LogP contribution in [0.25, 0.3) is 11.2 Å². The maximum absolute atomic E-state index is 12.8. The highest BCUT2D eigenvalue weighted by atomic mass is 79.9. The largest absolute Gasteiger partial charge is 0.456 e. The topological polar surface area (TPSA) is 124 Å². The smallest absolute Gasteiger partial charge is 0.303 e. The van der Waals surface area contributed by atoms with Crippen LogP contribution in [0.4, 0.5) is 5.95 Å². The fraction of sp³-hybridized carbons (Fsp3) is 0.387. The van der Waals surface area contributed by atoms with E-state index in [0.29, 0.717) is 0 Å². The van der Waals surface area contributed by atoms with Crippen molar-refractivity contribution in [2.24, 2.45) is 4.99 Å². The van der Waals surface area contributed by atoms with Crippen LogP contribution in [0.2, 0.25) is 5.04 Å². The third kappa shape index (κ3) is 6.14. The summed E-state index contributed by atoms with van der Waals surface area (Å²) < 4.78 is 21.1. The quantitative estimate of drug-likeness (QED) is 0.0937. The molecule has 0 saturated carbocycles. The summed E-state index contributed by atoms with van der Waals surface area (Å²) >= 11 is 3.77. The molecule has 1 aliphatic heterocycles. The zero-order valence-corrected chi connectivity index (χ0v) is 28.2. The highest BCUT2D eigenvalue weighted by Gasteiger charge is 2.53. The van der Waals surface area contributed by atoms with Crippen molar-refractivity contribution in [2.75, 3.05) is 20.7 Å². The van der Waals surface area contributed by atoms with Crippen LogP contribution >= 0.6 is 15.9 Å². The van der Waals surface area contributed by atoms with Gasteiger partial charge in [-0.05, 0) is 15.4 Å². The van der Waals surface area contributed by atoms with Crippen LogP contribution in [-0.4, -0.2) is 82.8 Å². The number of nitrogens with one attached hydrogen (secondary N) is 1. The standard InChI is InChI=1S/C31H37BrN6O5Si/c1-20(39)42-26-24(32)23(43-29(26)38-19-33-25-27(38)35-30(36-28(25)40)34-18-37(5)6)17-41-44(31(2,3)4,21-13-9-7-10-14-21)22-15-11-8-12-16-22/h7-16,18-19,23-24,26,29H,17H2,1-6H3,(H,35,36,40)/b34-18+/t23-,24+,26-,29-/m1/s1. The highest BCUT2D eigenvalue weighted by Crippen LogP contribution is 2.40. The summed E-state index contributed by atoms with van der Waals surface area (Å²) in [7, 11) is 0.751. The van der Waals surface area contributed by atoms with Gasteiger partial charge in [0.05, 0.1) is 30.2 Å². The van der Waals surface area contributed by atoms with E-state index in [9.17, 15) is 9.59 Å². The molecule has 0 unspecified atom stereocenters. The van der Waals surface area contributed by atoms with Crippen molar-refractivity contribution in [1.29, 1.82) is 0 Å². The molecule has 1 saturated heterocycles. The highest BCUT2D eigenvalue weighted by molar-refractivity contribution is 9.09. The van der Waals surface area contributed by atoms with Gasteiger partial charge < -0.3 is 18.8 Å². The van der Waals surface area contributed by atoms with Crippen LogP contribution in [0.1, 0.15) is 33.9 Å². The van der Waals surface area contributed by atoms with Gasteiger partial charge in [0.1, 0.15) is 0 Å². The Morgan fingerprint density at radius 2 is 1.75 bits per heavy atom. The minimum absolute atomic E-state index is 0.113. The summed E-state index contributed by atoms with van der Waals surface area (Å²) in [6.45, 7) is 8.20. The number of aromatic amines is 1. The minimum atomic E-state index is -2.87. The van der Waals surface area contributed by atoms with Gasteiger partial charge in [-0.15, -0.1) is 0 Å². The van der Waals surface area contributed by atoms with Gasteiger partial charge in [0.2, 0.25) is 5.95 Å². The number of H-pyrrole nitrogens is 1. The number of hydrogen-bond acceptors (Lipinski definition) is 8. The Morgan fingerprint density at radius 3 is 2.30 bits per heavy atom. The van der Waals surface area contributed by atoms with Gasteiger partial charge in [-0.25, -0.2) is 9.98 Å². The number of carbonyl (C=O) groups is 1. The lowest BCUT2D eigenvalue weighted by atomic mass is 10.2. The number of carbonyl (C=O) groups excluding carboxylic acids is 1. The number of imidazole rings is 1. The Balaban J connectivity index is 1.53. The molecule has 0 bridgehead atoms. The second-order valence-electron chi connectivity index (χ2n) is 12.0. The first kappa shape index (κ1) is 31.8. The fourth-order valence-corrected chi connectivity index (χ4v) is 10.9. The van der Waals surface area contributed by atoms with Gasteiger partial charge >= 0.3 is 5.97 Å². The number of nitrogens with zero attached hydrogens (tertiary/aromatic N) is 5. The SMILES string of the molecule is CC(=O)O[C@@H]1[C@@H](Br)[C@@H](CO[Si](c2ccccc2)(c2ccccc2)C(C)(C)C)O[C@H]1n1cnc2c(=O)[nH]c(/N=C/N(C)C)nc21. The molecule has 2 aromatic heterocycles. The average molecular weight is 682 g/mol. The molecule has 4 atom stereocenters. The molecule has 5 rings (SSSR count). The number of esters is 1. The van der Waals surface area contributed by atoms with Crippen molar-refractivity contribution in [3.63, 3.8) is 0 Å². The van der Waals surface area contributed by atoms with E-state index in [-0.39, 0.29) is 28.8 Å². The first-order valence-corrected chi connectivity index (χ1v) is 17.1. The molecule has 2 aromatic carbocycles. The van der Waals surface area contributed by atoms with E-state index in [1.54, 1.807) is 9.47 Å². The molecule has 0 spiro atoms. The van der Waals surface area contributed by atoms with Gasteiger partial charge in [0.15, 0.2) is 23.5 Å². The first-order valence-electron chi connectivity index (χ1n) is 14.3. The van der Waals surface area contributed by atoms with Crippen LogP contribution in [0.3, 0.4) is 0 Å². The molecule has 0 amide bonds. The fourth-order valence-electron chi connectivity index (χ4n) is 5.67. The summed E-state index contributed by atoms with van der Waals surface area (Å²) in [6, 6.07) is 20.7. The number of aliphatic imine (C=N–C) groups is 1. The third-order valence-electron chi connectivity index (χ3n) is 7.55. The van der Waals surface area contributed by atoms with Crippen molar-refractivity contribution >= 4 is 64.0 Å². The molecule has 0 radical (unpaired) electrons. The number of hydrogen-bond donors (Lipinski definition) is 1. The lowest BCUT2D eigenvalue weighted by molar-refractivity contribution is -0.152. The minimum Gasteiger partial charge on any atom is -0.456 e. The zero-order valence-electron chi connectivity index (χ0n) is 25.6. The van der Waals surface area contributed by atoms with Gasteiger partial charge in [0.25, 0.3) is 13.9 Å². The number of aromatic nitrogens is 4. The van der Waals surface area contributed by atoms with E-state index in [1.165, 1.54) is 19.6 Å². The van der Waals surface area contributed by atoms with Crippen LogP contribution in [-0.2, 0) is 18.7 Å². The number of benzene rings is 2. The number of halogens is 1. The molecular weight excluding hydrogens is 644 g/mol.